The highest BCUT2D eigenvalue weighted by Crippen LogP contribution is 2.26. The number of hydrogen-bond acceptors (Lipinski definition) is 3. The van der Waals surface area contributed by atoms with Crippen molar-refractivity contribution >= 4 is 5.82 Å². The Balaban J connectivity index is 2.39. The summed E-state index contributed by atoms with van der Waals surface area (Å²) < 4.78 is 2.00. The van der Waals surface area contributed by atoms with Crippen molar-refractivity contribution in [2.75, 3.05) is 11.9 Å². The van der Waals surface area contributed by atoms with Gasteiger partial charge in [-0.1, -0.05) is 30.3 Å². The summed E-state index contributed by atoms with van der Waals surface area (Å²) in [5, 5.41) is 7.87. The molecule has 2 aromatic rings. The van der Waals surface area contributed by atoms with Crippen LogP contribution in [0.2, 0.25) is 0 Å². The van der Waals surface area contributed by atoms with Crippen LogP contribution in [0.3, 0.4) is 0 Å². The largest absolute Gasteiger partial charge is 0.350 e. The van der Waals surface area contributed by atoms with Gasteiger partial charge in [-0.25, -0.2) is 0 Å². The molecule has 4 nitrogen and oxygen atoms in total. The third-order valence-electron chi connectivity index (χ3n) is 3.76. The lowest BCUT2D eigenvalue weighted by Crippen LogP contribution is -2.33. The molecule has 4 heteroatoms. The van der Waals surface area contributed by atoms with Crippen LogP contribution >= 0.6 is 0 Å². The number of rotatable bonds is 6. The molecule has 0 fully saturated rings. The van der Waals surface area contributed by atoms with Gasteiger partial charge in [0.2, 0.25) is 0 Å². The summed E-state index contributed by atoms with van der Waals surface area (Å²) in [5.74, 6) is 1.21. The zero-order chi connectivity index (χ0) is 15.4. The topological polar surface area (TPSA) is 33.1 Å². The van der Waals surface area contributed by atoms with Gasteiger partial charge in [0.25, 0.3) is 0 Å². The first-order valence-electron chi connectivity index (χ1n) is 7.52. The van der Waals surface area contributed by atoms with Gasteiger partial charge in [-0.3, -0.25) is 4.68 Å². The molecule has 1 aromatic heterocycles. The van der Waals surface area contributed by atoms with Crippen molar-refractivity contribution in [3.8, 4) is 0 Å². The van der Waals surface area contributed by atoms with Crippen LogP contribution < -0.4 is 10.2 Å². The summed E-state index contributed by atoms with van der Waals surface area (Å²) in [5.41, 5.74) is 3.70. The molecule has 21 heavy (non-hydrogen) atoms. The van der Waals surface area contributed by atoms with Gasteiger partial charge in [0, 0.05) is 31.7 Å². The summed E-state index contributed by atoms with van der Waals surface area (Å²) in [6.45, 7) is 8.28. The molecule has 0 spiro atoms. The van der Waals surface area contributed by atoms with E-state index in [0.717, 1.165) is 18.8 Å². The lowest BCUT2D eigenvalue weighted by molar-refractivity contribution is 0.629. The van der Waals surface area contributed by atoms with Gasteiger partial charge in [-0.05, 0) is 33.4 Å². The van der Waals surface area contributed by atoms with E-state index < -0.39 is 0 Å². The lowest BCUT2D eigenvalue weighted by Gasteiger charge is -2.30. The third kappa shape index (κ3) is 3.45. The number of benzene rings is 1. The molecule has 1 heterocycles. The van der Waals surface area contributed by atoms with Crippen molar-refractivity contribution in [3.05, 3.63) is 47.2 Å². The standard InChI is InChI=1S/C17H26N4/c1-13(2)21(12-15-9-7-6-8-10-15)17-16(11-18-4)14(3)19-20(17)5/h6-10,13,18H,11-12H2,1-5H3. The van der Waals surface area contributed by atoms with Crippen LogP contribution in [-0.2, 0) is 20.1 Å². The molecule has 0 aliphatic heterocycles. The number of nitrogens with one attached hydrogen (secondary N) is 1. The highest BCUT2D eigenvalue weighted by atomic mass is 15.4. The van der Waals surface area contributed by atoms with Gasteiger partial charge in [0.15, 0.2) is 0 Å². The molecule has 114 valence electrons. The second-order valence-corrected chi connectivity index (χ2v) is 5.75. The van der Waals surface area contributed by atoms with Crippen molar-refractivity contribution in [3.63, 3.8) is 0 Å². The van der Waals surface area contributed by atoms with E-state index in [1.54, 1.807) is 0 Å². The maximum absolute atomic E-state index is 4.61. The normalized spacial score (nSPS) is 11.1. The summed E-state index contributed by atoms with van der Waals surface area (Å²) >= 11 is 0. The molecule has 1 aromatic carbocycles. The van der Waals surface area contributed by atoms with Gasteiger partial charge in [-0.15, -0.1) is 0 Å². The number of nitrogens with zero attached hydrogens (tertiary/aromatic N) is 3. The Morgan fingerprint density at radius 2 is 1.90 bits per heavy atom. The zero-order valence-electron chi connectivity index (χ0n) is 13.7. The maximum atomic E-state index is 4.61. The molecule has 0 amide bonds. The van der Waals surface area contributed by atoms with Crippen LogP contribution in [0.4, 0.5) is 5.82 Å². The predicted octanol–water partition coefficient (Wildman–Crippen LogP) is 2.86. The number of hydrogen-bond donors (Lipinski definition) is 1. The van der Waals surface area contributed by atoms with Gasteiger partial charge in [0.1, 0.15) is 5.82 Å². The van der Waals surface area contributed by atoms with Crippen LogP contribution in [0.25, 0.3) is 0 Å². The minimum Gasteiger partial charge on any atom is -0.350 e. The predicted molar refractivity (Wildman–Crippen MR) is 88.5 cm³/mol. The third-order valence-corrected chi connectivity index (χ3v) is 3.76. The Bertz CT molecular complexity index is 572. The van der Waals surface area contributed by atoms with E-state index in [4.69, 9.17) is 0 Å². The minimum absolute atomic E-state index is 0.413. The molecule has 1 N–H and O–H groups in total. The fourth-order valence-electron chi connectivity index (χ4n) is 2.71. The second-order valence-electron chi connectivity index (χ2n) is 5.75. The molecule has 0 radical (unpaired) electrons. The molecule has 0 saturated heterocycles. The van der Waals surface area contributed by atoms with E-state index in [1.807, 2.05) is 18.8 Å². The summed E-state index contributed by atoms with van der Waals surface area (Å²) in [6, 6.07) is 11.0. The first-order valence-corrected chi connectivity index (χ1v) is 7.52. The van der Waals surface area contributed by atoms with E-state index >= 15 is 0 Å². The minimum atomic E-state index is 0.413. The molecule has 0 atom stereocenters. The van der Waals surface area contributed by atoms with Crippen molar-refractivity contribution in [2.45, 2.75) is 39.9 Å². The van der Waals surface area contributed by atoms with E-state index in [2.05, 4.69) is 66.4 Å². The van der Waals surface area contributed by atoms with Gasteiger partial charge >= 0.3 is 0 Å². The number of anilines is 1. The van der Waals surface area contributed by atoms with Crippen LogP contribution in [0, 0.1) is 6.92 Å². The molecule has 0 saturated carbocycles. The number of aromatic nitrogens is 2. The zero-order valence-corrected chi connectivity index (χ0v) is 13.7. The Hall–Kier alpha value is -1.81. The van der Waals surface area contributed by atoms with Crippen molar-refractivity contribution < 1.29 is 0 Å². The SMILES string of the molecule is CNCc1c(C)nn(C)c1N(Cc1ccccc1)C(C)C. The van der Waals surface area contributed by atoms with E-state index in [0.29, 0.717) is 6.04 Å². The van der Waals surface area contributed by atoms with Crippen LogP contribution in [-0.4, -0.2) is 22.9 Å². The molecule has 2 rings (SSSR count). The average Bonchev–Trinajstić information content (AvgIpc) is 2.72. The highest BCUT2D eigenvalue weighted by Gasteiger charge is 2.21. The Labute approximate surface area is 127 Å². The molecule has 0 unspecified atom stereocenters. The summed E-state index contributed by atoms with van der Waals surface area (Å²) in [4.78, 5) is 2.42. The summed E-state index contributed by atoms with van der Waals surface area (Å²) in [7, 11) is 4.01. The van der Waals surface area contributed by atoms with E-state index in [1.165, 1.54) is 16.9 Å². The molecule has 0 bridgehead atoms. The Kier molecular flexibility index (Phi) is 5.02. The van der Waals surface area contributed by atoms with Crippen molar-refractivity contribution in [1.82, 2.24) is 15.1 Å². The molecule has 0 aliphatic rings. The quantitative estimate of drug-likeness (QED) is 0.886. The second kappa shape index (κ2) is 6.76. The Morgan fingerprint density at radius 3 is 2.48 bits per heavy atom. The maximum Gasteiger partial charge on any atom is 0.131 e. The first kappa shape index (κ1) is 15.6. The molecular weight excluding hydrogens is 260 g/mol. The van der Waals surface area contributed by atoms with E-state index in [-0.39, 0.29) is 0 Å². The van der Waals surface area contributed by atoms with Crippen LogP contribution in [0.15, 0.2) is 30.3 Å². The lowest BCUT2D eigenvalue weighted by atomic mass is 10.1. The van der Waals surface area contributed by atoms with Crippen LogP contribution in [0.5, 0.6) is 0 Å². The average molecular weight is 286 g/mol. The van der Waals surface area contributed by atoms with Crippen molar-refractivity contribution in [2.24, 2.45) is 7.05 Å². The van der Waals surface area contributed by atoms with Crippen molar-refractivity contribution in [1.29, 1.82) is 0 Å². The first-order chi connectivity index (χ1) is 10.0. The fraction of sp³-hybridized carbons (Fsp3) is 0.471. The van der Waals surface area contributed by atoms with Crippen LogP contribution in [0.1, 0.15) is 30.7 Å². The van der Waals surface area contributed by atoms with Gasteiger partial charge in [-0.2, -0.15) is 5.10 Å². The molecule has 0 aliphatic carbocycles. The fourth-order valence-corrected chi connectivity index (χ4v) is 2.71. The number of aryl methyl sites for hydroxylation is 2. The monoisotopic (exact) mass is 286 g/mol. The van der Waals surface area contributed by atoms with Gasteiger partial charge < -0.3 is 10.2 Å². The molecular formula is C17H26N4. The van der Waals surface area contributed by atoms with E-state index in [9.17, 15) is 0 Å². The summed E-state index contributed by atoms with van der Waals surface area (Å²) in [6.07, 6.45) is 0. The van der Waals surface area contributed by atoms with Gasteiger partial charge in [0.05, 0.1) is 5.69 Å². The highest BCUT2D eigenvalue weighted by molar-refractivity contribution is 5.51. The smallest absolute Gasteiger partial charge is 0.131 e. The Morgan fingerprint density at radius 1 is 1.24 bits per heavy atom.